The van der Waals surface area contributed by atoms with Gasteiger partial charge in [0, 0.05) is 11.6 Å². The summed E-state index contributed by atoms with van der Waals surface area (Å²) in [6, 6.07) is 0.403. The Kier molecular flexibility index (Phi) is 5.19. The van der Waals surface area contributed by atoms with Crippen LogP contribution in [0.4, 0.5) is 11.6 Å². The lowest BCUT2D eigenvalue weighted by Gasteiger charge is -2.19. The van der Waals surface area contributed by atoms with Crippen LogP contribution >= 0.6 is 0 Å². The molecule has 0 saturated heterocycles. The van der Waals surface area contributed by atoms with E-state index in [4.69, 9.17) is 5.73 Å². The van der Waals surface area contributed by atoms with Crippen LogP contribution in [0.15, 0.2) is 6.33 Å². The molecule has 4 nitrogen and oxygen atoms in total. The van der Waals surface area contributed by atoms with Gasteiger partial charge in [-0.25, -0.2) is 9.97 Å². The normalized spacial score (nSPS) is 12.8. The molecule has 0 fully saturated rings. The molecule has 1 aromatic heterocycles. The summed E-state index contributed by atoms with van der Waals surface area (Å²) >= 11 is 0. The molecule has 96 valence electrons. The van der Waals surface area contributed by atoms with E-state index in [2.05, 4.69) is 43.0 Å². The second-order valence-corrected chi connectivity index (χ2v) is 5.01. The van der Waals surface area contributed by atoms with Gasteiger partial charge < -0.3 is 11.1 Å². The van der Waals surface area contributed by atoms with E-state index >= 15 is 0 Å². The SMILES string of the molecule is CCCc1c(N)ncnc1NC(C)CC(C)C. The van der Waals surface area contributed by atoms with Gasteiger partial charge in [-0.1, -0.05) is 27.2 Å². The molecule has 0 radical (unpaired) electrons. The van der Waals surface area contributed by atoms with Crippen LogP contribution in [0.1, 0.15) is 46.1 Å². The molecular formula is C13H24N4. The van der Waals surface area contributed by atoms with Crippen LogP contribution in [0.2, 0.25) is 0 Å². The largest absolute Gasteiger partial charge is 0.383 e. The Bertz CT molecular complexity index is 349. The maximum atomic E-state index is 5.89. The third-order valence-corrected chi connectivity index (χ3v) is 2.69. The van der Waals surface area contributed by atoms with E-state index in [1.54, 1.807) is 0 Å². The fraction of sp³-hybridized carbons (Fsp3) is 0.692. The highest BCUT2D eigenvalue weighted by Gasteiger charge is 2.11. The average Bonchev–Trinajstić information content (AvgIpc) is 2.22. The molecule has 0 aliphatic heterocycles. The number of hydrogen-bond donors (Lipinski definition) is 2. The standard InChI is InChI=1S/C13H24N4/c1-5-6-11-12(14)15-8-16-13(11)17-10(4)7-9(2)3/h8-10H,5-7H2,1-4H3,(H3,14,15,16,17). The molecule has 17 heavy (non-hydrogen) atoms. The Morgan fingerprint density at radius 1 is 1.29 bits per heavy atom. The summed E-state index contributed by atoms with van der Waals surface area (Å²) in [6.45, 7) is 8.75. The second-order valence-electron chi connectivity index (χ2n) is 5.01. The van der Waals surface area contributed by atoms with E-state index in [1.807, 2.05) is 0 Å². The van der Waals surface area contributed by atoms with Gasteiger partial charge in [0.1, 0.15) is 18.0 Å². The molecule has 1 aromatic rings. The van der Waals surface area contributed by atoms with Gasteiger partial charge in [0.2, 0.25) is 0 Å². The summed E-state index contributed by atoms with van der Waals surface area (Å²) in [5.41, 5.74) is 6.94. The van der Waals surface area contributed by atoms with Gasteiger partial charge in [-0.05, 0) is 25.7 Å². The van der Waals surface area contributed by atoms with Crippen LogP contribution in [-0.4, -0.2) is 16.0 Å². The molecule has 0 spiro atoms. The molecule has 0 aliphatic rings. The molecule has 4 heteroatoms. The maximum absolute atomic E-state index is 5.89. The lowest BCUT2D eigenvalue weighted by Crippen LogP contribution is -2.20. The van der Waals surface area contributed by atoms with Crippen molar-refractivity contribution in [3.8, 4) is 0 Å². The van der Waals surface area contributed by atoms with Gasteiger partial charge in [0.05, 0.1) is 0 Å². The van der Waals surface area contributed by atoms with Gasteiger partial charge in [-0.3, -0.25) is 0 Å². The van der Waals surface area contributed by atoms with E-state index in [-0.39, 0.29) is 0 Å². The molecule has 1 atom stereocenters. The first kappa shape index (κ1) is 13.7. The molecule has 3 N–H and O–H groups in total. The van der Waals surface area contributed by atoms with Crippen molar-refractivity contribution in [3.63, 3.8) is 0 Å². The Morgan fingerprint density at radius 2 is 2.00 bits per heavy atom. The van der Waals surface area contributed by atoms with Crippen LogP contribution in [-0.2, 0) is 6.42 Å². The minimum atomic E-state index is 0.403. The zero-order valence-corrected chi connectivity index (χ0v) is 11.3. The number of aromatic nitrogens is 2. The smallest absolute Gasteiger partial charge is 0.134 e. The summed E-state index contributed by atoms with van der Waals surface area (Å²) in [5, 5.41) is 3.44. The lowest BCUT2D eigenvalue weighted by atomic mass is 10.0. The van der Waals surface area contributed by atoms with E-state index in [0.717, 1.165) is 30.6 Å². The molecule has 0 amide bonds. The molecule has 1 rings (SSSR count). The number of hydrogen-bond acceptors (Lipinski definition) is 4. The summed E-state index contributed by atoms with van der Waals surface area (Å²) in [7, 11) is 0. The highest BCUT2D eigenvalue weighted by Crippen LogP contribution is 2.20. The van der Waals surface area contributed by atoms with Crippen molar-refractivity contribution in [1.82, 2.24) is 9.97 Å². The Morgan fingerprint density at radius 3 is 2.59 bits per heavy atom. The second kappa shape index (κ2) is 6.42. The van der Waals surface area contributed by atoms with Crippen molar-refractivity contribution in [1.29, 1.82) is 0 Å². The molecule has 1 heterocycles. The highest BCUT2D eigenvalue weighted by atomic mass is 15.1. The number of nitrogens with two attached hydrogens (primary N) is 1. The number of nitrogens with zero attached hydrogens (tertiary/aromatic N) is 2. The summed E-state index contributed by atoms with van der Waals surface area (Å²) in [5.74, 6) is 2.17. The number of nitrogen functional groups attached to an aromatic ring is 1. The molecule has 0 saturated carbocycles. The quantitative estimate of drug-likeness (QED) is 0.797. The van der Waals surface area contributed by atoms with Crippen molar-refractivity contribution in [2.75, 3.05) is 11.1 Å². The van der Waals surface area contributed by atoms with Crippen molar-refractivity contribution in [2.45, 2.75) is 53.0 Å². The van der Waals surface area contributed by atoms with Crippen LogP contribution < -0.4 is 11.1 Å². The summed E-state index contributed by atoms with van der Waals surface area (Å²) in [6.07, 6.45) is 4.61. The van der Waals surface area contributed by atoms with E-state index in [9.17, 15) is 0 Å². The minimum Gasteiger partial charge on any atom is -0.383 e. The van der Waals surface area contributed by atoms with Crippen molar-refractivity contribution in [3.05, 3.63) is 11.9 Å². The van der Waals surface area contributed by atoms with Crippen LogP contribution in [0, 0.1) is 5.92 Å². The van der Waals surface area contributed by atoms with Crippen LogP contribution in [0.5, 0.6) is 0 Å². The predicted molar refractivity (Wildman–Crippen MR) is 73.0 cm³/mol. The van der Waals surface area contributed by atoms with Gasteiger partial charge in [0.15, 0.2) is 0 Å². The Hall–Kier alpha value is -1.32. The fourth-order valence-electron chi connectivity index (χ4n) is 2.05. The van der Waals surface area contributed by atoms with Crippen LogP contribution in [0.25, 0.3) is 0 Å². The van der Waals surface area contributed by atoms with Gasteiger partial charge in [-0.15, -0.1) is 0 Å². The minimum absolute atomic E-state index is 0.403. The number of anilines is 2. The van der Waals surface area contributed by atoms with Crippen molar-refractivity contribution in [2.24, 2.45) is 5.92 Å². The third kappa shape index (κ3) is 4.21. The fourth-order valence-corrected chi connectivity index (χ4v) is 2.05. The van der Waals surface area contributed by atoms with Crippen molar-refractivity contribution < 1.29 is 0 Å². The van der Waals surface area contributed by atoms with E-state index in [1.165, 1.54) is 6.33 Å². The predicted octanol–water partition coefficient (Wildman–Crippen LogP) is 2.86. The first-order valence-electron chi connectivity index (χ1n) is 6.40. The monoisotopic (exact) mass is 236 g/mol. The molecule has 0 bridgehead atoms. The summed E-state index contributed by atoms with van der Waals surface area (Å²) < 4.78 is 0. The average molecular weight is 236 g/mol. The highest BCUT2D eigenvalue weighted by molar-refractivity contribution is 5.55. The maximum Gasteiger partial charge on any atom is 0.134 e. The lowest BCUT2D eigenvalue weighted by molar-refractivity contribution is 0.538. The first-order valence-corrected chi connectivity index (χ1v) is 6.40. The Labute approximate surface area is 104 Å². The third-order valence-electron chi connectivity index (χ3n) is 2.69. The topological polar surface area (TPSA) is 63.8 Å². The zero-order valence-electron chi connectivity index (χ0n) is 11.3. The molecule has 0 aromatic carbocycles. The van der Waals surface area contributed by atoms with Gasteiger partial charge in [0.25, 0.3) is 0 Å². The first-order chi connectivity index (χ1) is 8.04. The molecule has 0 aliphatic carbocycles. The zero-order chi connectivity index (χ0) is 12.8. The van der Waals surface area contributed by atoms with Crippen LogP contribution in [0.3, 0.4) is 0 Å². The van der Waals surface area contributed by atoms with Crippen molar-refractivity contribution >= 4 is 11.6 Å². The van der Waals surface area contributed by atoms with Gasteiger partial charge >= 0.3 is 0 Å². The molecular weight excluding hydrogens is 212 g/mol. The van der Waals surface area contributed by atoms with Gasteiger partial charge in [-0.2, -0.15) is 0 Å². The number of rotatable bonds is 6. The molecule has 1 unspecified atom stereocenters. The number of nitrogens with one attached hydrogen (secondary N) is 1. The summed E-state index contributed by atoms with van der Waals surface area (Å²) in [4.78, 5) is 8.36. The Balaban J connectivity index is 2.79. The van der Waals surface area contributed by atoms with E-state index < -0.39 is 0 Å². The van der Waals surface area contributed by atoms with E-state index in [0.29, 0.717) is 17.8 Å².